The van der Waals surface area contributed by atoms with Crippen LogP contribution in [0.3, 0.4) is 0 Å². The van der Waals surface area contributed by atoms with E-state index >= 15 is 0 Å². The maximum atomic E-state index is 12.2. The Balaban J connectivity index is 1.30. The molecule has 0 amide bonds. The molecule has 1 aromatic carbocycles. The minimum Gasteiger partial charge on any atom is -0.354 e. The van der Waals surface area contributed by atoms with Crippen molar-refractivity contribution in [1.82, 2.24) is 19.3 Å². The van der Waals surface area contributed by atoms with Gasteiger partial charge in [0.1, 0.15) is 5.82 Å². The number of aryl methyl sites for hydroxylation is 1. The first-order valence-electron chi connectivity index (χ1n) is 9.47. The average Bonchev–Trinajstić information content (AvgIpc) is 3.18. The highest BCUT2D eigenvalue weighted by atomic mass is 32.1. The van der Waals surface area contributed by atoms with Gasteiger partial charge in [0.05, 0.1) is 11.2 Å². The first-order valence-corrected chi connectivity index (χ1v) is 10.3. The molecule has 1 aliphatic heterocycles. The molecule has 3 aromatic heterocycles. The van der Waals surface area contributed by atoms with Crippen LogP contribution in [-0.2, 0) is 6.54 Å². The molecule has 0 bridgehead atoms. The van der Waals surface area contributed by atoms with Gasteiger partial charge in [0, 0.05) is 55.8 Å². The van der Waals surface area contributed by atoms with E-state index in [-0.39, 0.29) is 5.56 Å². The smallest absolute Gasteiger partial charge is 0.258 e. The van der Waals surface area contributed by atoms with Crippen molar-refractivity contribution in [2.45, 2.75) is 13.5 Å². The van der Waals surface area contributed by atoms with E-state index in [1.807, 2.05) is 11.4 Å². The largest absolute Gasteiger partial charge is 0.354 e. The summed E-state index contributed by atoms with van der Waals surface area (Å²) in [7, 11) is 0. The molecule has 1 saturated heterocycles. The van der Waals surface area contributed by atoms with Gasteiger partial charge in [-0.3, -0.25) is 14.1 Å². The van der Waals surface area contributed by atoms with Crippen LogP contribution in [0, 0.1) is 6.92 Å². The van der Waals surface area contributed by atoms with Gasteiger partial charge in [-0.1, -0.05) is 18.2 Å². The van der Waals surface area contributed by atoms with Crippen molar-refractivity contribution in [3.8, 4) is 0 Å². The molecule has 4 heterocycles. The lowest BCUT2D eigenvalue weighted by atomic mass is 10.1. The number of fused-ring (bicyclic) bond motifs is 2. The highest BCUT2D eigenvalue weighted by Crippen LogP contribution is 2.23. The molecule has 0 radical (unpaired) electrons. The van der Waals surface area contributed by atoms with E-state index in [0.717, 1.165) is 48.2 Å². The van der Waals surface area contributed by atoms with Crippen LogP contribution in [-0.4, -0.2) is 45.4 Å². The van der Waals surface area contributed by atoms with Crippen LogP contribution in [0.5, 0.6) is 0 Å². The quantitative estimate of drug-likeness (QED) is 0.537. The third-order valence-electron chi connectivity index (χ3n) is 5.35. The van der Waals surface area contributed by atoms with Crippen molar-refractivity contribution in [2.75, 3.05) is 31.1 Å². The van der Waals surface area contributed by atoms with Gasteiger partial charge < -0.3 is 4.90 Å². The number of nitrogens with zero attached hydrogens (tertiary/aromatic N) is 5. The summed E-state index contributed by atoms with van der Waals surface area (Å²) < 4.78 is 1.60. The molecule has 4 aromatic rings. The highest BCUT2D eigenvalue weighted by molar-refractivity contribution is 7.15. The number of pyridine rings is 1. The molecular weight excluding hydrogens is 370 g/mol. The molecule has 6 nitrogen and oxygen atoms in total. The molecule has 0 spiro atoms. The second-order valence-electron chi connectivity index (χ2n) is 7.22. The molecular formula is C21H21N5OS. The van der Waals surface area contributed by atoms with Gasteiger partial charge in [-0.25, -0.2) is 9.97 Å². The second-order valence-corrected chi connectivity index (χ2v) is 8.09. The van der Waals surface area contributed by atoms with E-state index in [1.54, 1.807) is 16.7 Å². The van der Waals surface area contributed by atoms with Gasteiger partial charge in [0.15, 0.2) is 4.96 Å². The number of aromatic nitrogens is 3. The third-order valence-corrected chi connectivity index (χ3v) is 6.10. The number of thiazole rings is 1. The first-order chi connectivity index (χ1) is 13.7. The summed E-state index contributed by atoms with van der Waals surface area (Å²) in [6.45, 7) is 6.56. The fourth-order valence-corrected chi connectivity index (χ4v) is 4.57. The maximum Gasteiger partial charge on any atom is 0.258 e. The molecule has 1 fully saturated rings. The Morgan fingerprint density at radius 2 is 1.89 bits per heavy atom. The summed E-state index contributed by atoms with van der Waals surface area (Å²) in [6, 6.07) is 12.1. The number of benzene rings is 1. The van der Waals surface area contributed by atoms with Crippen LogP contribution in [0.2, 0.25) is 0 Å². The number of anilines is 1. The first kappa shape index (κ1) is 17.3. The molecule has 0 N–H and O–H groups in total. The van der Waals surface area contributed by atoms with Gasteiger partial charge in [-0.05, 0) is 24.6 Å². The minimum absolute atomic E-state index is 0.00396. The highest BCUT2D eigenvalue weighted by Gasteiger charge is 2.19. The monoisotopic (exact) mass is 391 g/mol. The third kappa shape index (κ3) is 3.16. The van der Waals surface area contributed by atoms with Crippen molar-refractivity contribution in [1.29, 1.82) is 0 Å². The normalized spacial score (nSPS) is 15.5. The Hall–Kier alpha value is -2.77. The minimum atomic E-state index is -0.00396. The van der Waals surface area contributed by atoms with Crippen LogP contribution >= 0.6 is 11.3 Å². The van der Waals surface area contributed by atoms with Crippen molar-refractivity contribution in [3.63, 3.8) is 0 Å². The number of piperazine rings is 1. The zero-order valence-electron chi connectivity index (χ0n) is 15.7. The van der Waals surface area contributed by atoms with Crippen LogP contribution in [0.25, 0.3) is 15.9 Å². The lowest BCUT2D eigenvalue weighted by Gasteiger charge is -2.35. The van der Waals surface area contributed by atoms with E-state index in [9.17, 15) is 4.79 Å². The van der Waals surface area contributed by atoms with Crippen LogP contribution in [0.1, 0.15) is 11.3 Å². The Kier molecular flexibility index (Phi) is 4.33. The number of para-hydroxylation sites is 1. The molecule has 7 heteroatoms. The van der Waals surface area contributed by atoms with E-state index in [1.165, 1.54) is 22.3 Å². The number of hydrogen-bond donors (Lipinski definition) is 0. The maximum absolute atomic E-state index is 12.2. The van der Waals surface area contributed by atoms with Gasteiger partial charge in [0.2, 0.25) is 0 Å². The Bertz CT molecular complexity index is 1210. The van der Waals surface area contributed by atoms with Crippen LogP contribution in [0.4, 0.5) is 5.82 Å². The fourth-order valence-electron chi connectivity index (χ4n) is 3.83. The molecule has 0 aliphatic carbocycles. The lowest BCUT2D eigenvalue weighted by Crippen LogP contribution is -2.46. The van der Waals surface area contributed by atoms with Crippen molar-refractivity contribution < 1.29 is 0 Å². The summed E-state index contributed by atoms with van der Waals surface area (Å²) in [5.74, 6) is 1.05. The molecule has 1 aliphatic rings. The van der Waals surface area contributed by atoms with Gasteiger partial charge in [-0.15, -0.1) is 11.3 Å². The molecule has 142 valence electrons. The molecule has 28 heavy (non-hydrogen) atoms. The van der Waals surface area contributed by atoms with Gasteiger partial charge in [0.25, 0.3) is 5.56 Å². The Morgan fingerprint density at radius 1 is 1.07 bits per heavy atom. The van der Waals surface area contributed by atoms with Crippen LogP contribution < -0.4 is 10.5 Å². The molecule has 0 unspecified atom stereocenters. The standard InChI is InChI=1S/C21H21N5OS/c1-15-12-19(23-18-5-3-2-4-17(15)18)25-8-6-24(7-9-25)14-16-13-20(27)26-10-11-28-21(26)22-16/h2-5,10-13H,6-9,14H2,1H3. The molecule has 0 saturated carbocycles. The Morgan fingerprint density at radius 3 is 2.75 bits per heavy atom. The van der Waals surface area contributed by atoms with E-state index in [4.69, 9.17) is 4.98 Å². The predicted molar refractivity (Wildman–Crippen MR) is 113 cm³/mol. The number of hydrogen-bond acceptors (Lipinski definition) is 6. The lowest BCUT2D eigenvalue weighted by molar-refractivity contribution is 0.246. The van der Waals surface area contributed by atoms with Crippen molar-refractivity contribution >= 4 is 33.0 Å². The van der Waals surface area contributed by atoms with Gasteiger partial charge in [-0.2, -0.15) is 0 Å². The zero-order chi connectivity index (χ0) is 19.1. The summed E-state index contributed by atoms with van der Waals surface area (Å²) in [4.78, 5) is 27.1. The molecule has 5 rings (SSSR count). The van der Waals surface area contributed by atoms with E-state index in [0.29, 0.717) is 6.54 Å². The summed E-state index contributed by atoms with van der Waals surface area (Å²) in [5.41, 5.74) is 3.15. The topological polar surface area (TPSA) is 53.7 Å². The number of rotatable bonds is 3. The summed E-state index contributed by atoms with van der Waals surface area (Å²) in [5, 5.41) is 3.11. The Labute approximate surface area is 166 Å². The van der Waals surface area contributed by atoms with Crippen molar-refractivity contribution in [2.24, 2.45) is 0 Å². The summed E-state index contributed by atoms with van der Waals surface area (Å²) in [6.07, 6.45) is 1.77. The average molecular weight is 392 g/mol. The SMILES string of the molecule is Cc1cc(N2CCN(Cc3cc(=O)n4ccsc4n3)CC2)nc2ccccc12. The predicted octanol–water partition coefficient (Wildman–Crippen LogP) is 2.93. The second kappa shape index (κ2) is 7.00. The van der Waals surface area contributed by atoms with Crippen molar-refractivity contribution in [3.05, 3.63) is 69.6 Å². The van der Waals surface area contributed by atoms with Crippen LogP contribution in [0.15, 0.2) is 52.8 Å². The van der Waals surface area contributed by atoms with E-state index in [2.05, 4.69) is 46.0 Å². The van der Waals surface area contributed by atoms with Gasteiger partial charge >= 0.3 is 0 Å². The molecule has 0 atom stereocenters. The zero-order valence-corrected chi connectivity index (χ0v) is 16.5. The van der Waals surface area contributed by atoms with E-state index < -0.39 is 0 Å². The fraction of sp³-hybridized carbons (Fsp3) is 0.286. The summed E-state index contributed by atoms with van der Waals surface area (Å²) >= 11 is 1.49.